The summed E-state index contributed by atoms with van der Waals surface area (Å²) in [6.07, 6.45) is -0.0668. The van der Waals surface area contributed by atoms with Gasteiger partial charge in [0.25, 0.3) is 0 Å². The van der Waals surface area contributed by atoms with E-state index in [0.717, 1.165) is 4.47 Å². The van der Waals surface area contributed by atoms with E-state index < -0.39 is 16.8 Å². The molecule has 0 saturated heterocycles. The van der Waals surface area contributed by atoms with Crippen molar-refractivity contribution in [2.75, 3.05) is 5.75 Å². The number of hydrogen-bond acceptors (Lipinski definition) is 2. The maximum absolute atomic E-state index is 11.5. The van der Waals surface area contributed by atoms with E-state index >= 15 is 0 Å². The van der Waals surface area contributed by atoms with Crippen LogP contribution in [0, 0.1) is 0 Å². The zero-order valence-electron chi connectivity index (χ0n) is 7.27. The van der Waals surface area contributed by atoms with Gasteiger partial charge >= 0.3 is 5.97 Å². The van der Waals surface area contributed by atoms with Crippen LogP contribution in [-0.2, 0) is 15.6 Å². The SMILES string of the molecule is O=C(O)CCS(=O)c1ccc(Br)cc1. The summed E-state index contributed by atoms with van der Waals surface area (Å²) < 4.78 is 12.4. The minimum atomic E-state index is -1.21. The highest BCUT2D eigenvalue weighted by Gasteiger charge is 2.05. The maximum atomic E-state index is 11.5. The predicted molar refractivity (Wildman–Crippen MR) is 57.7 cm³/mol. The fraction of sp³-hybridized carbons (Fsp3) is 0.222. The summed E-state index contributed by atoms with van der Waals surface area (Å²) in [5, 5.41) is 8.41. The number of hydrogen-bond donors (Lipinski definition) is 1. The molecule has 0 fully saturated rings. The van der Waals surface area contributed by atoms with Crippen LogP contribution in [0.25, 0.3) is 0 Å². The van der Waals surface area contributed by atoms with Crippen LogP contribution in [0.15, 0.2) is 33.6 Å². The Balaban J connectivity index is 2.61. The van der Waals surface area contributed by atoms with E-state index in [1.165, 1.54) is 0 Å². The van der Waals surface area contributed by atoms with Gasteiger partial charge in [-0.1, -0.05) is 15.9 Å². The Hall–Kier alpha value is -0.680. The Morgan fingerprint density at radius 3 is 2.43 bits per heavy atom. The molecule has 0 spiro atoms. The summed E-state index contributed by atoms with van der Waals surface area (Å²) in [7, 11) is -1.21. The summed E-state index contributed by atoms with van der Waals surface area (Å²) in [5.74, 6) is -0.757. The molecule has 1 rings (SSSR count). The first-order chi connectivity index (χ1) is 6.59. The first kappa shape index (κ1) is 11.4. The van der Waals surface area contributed by atoms with Crippen molar-refractivity contribution in [1.82, 2.24) is 0 Å². The van der Waals surface area contributed by atoms with E-state index in [2.05, 4.69) is 15.9 Å². The highest BCUT2D eigenvalue weighted by atomic mass is 79.9. The molecular weight excluding hydrogens is 268 g/mol. The Morgan fingerprint density at radius 1 is 1.36 bits per heavy atom. The van der Waals surface area contributed by atoms with Gasteiger partial charge in [-0.05, 0) is 24.3 Å². The van der Waals surface area contributed by atoms with E-state index in [9.17, 15) is 9.00 Å². The molecule has 1 aromatic carbocycles. The molecule has 1 unspecified atom stereocenters. The Labute approximate surface area is 92.7 Å². The Morgan fingerprint density at radius 2 is 1.93 bits per heavy atom. The van der Waals surface area contributed by atoms with E-state index in [4.69, 9.17) is 5.11 Å². The lowest BCUT2D eigenvalue weighted by molar-refractivity contribution is -0.136. The molecule has 1 N–H and O–H groups in total. The van der Waals surface area contributed by atoms with Crippen molar-refractivity contribution in [3.05, 3.63) is 28.7 Å². The second kappa shape index (κ2) is 5.26. The average Bonchev–Trinajstić information content (AvgIpc) is 2.15. The Kier molecular flexibility index (Phi) is 4.28. The van der Waals surface area contributed by atoms with Gasteiger partial charge in [-0.25, -0.2) is 0 Å². The number of rotatable bonds is 4. The van der Waals surface area contributed by atoms with Gasteiger partial charge in [0.1, 0.15) is 0 Å². The first-order valence-electron chi connectivity index (χ1n) is 3.95. The number of carbonyl (C=O) groups is 1. The third kappa shape index (κ3) is 3.59. The van der Waals surface area contributed by atoms with Gasteiger partial charge in [0, 0.05) is 15.1 Å². The second-order valence-corrected chi connectivity index (χ2v) is 5.13. The van der Waals surface area contributed by atoms with E-state index in [0.29, 0.717) is 4.90 Å². The van der Waals surface area contributed by atoms with Crippen LogP contribution in [-0.4, -0.2) is 21.0 Å². The van der Waals surface area contributed by atoms with Gasteiger partial charge < -0.3 is 5.11 Å². The molecule has 0 radical (unpaired) electrons. The van der Waals surface area contributed by atoms with Crippen LogP contribution < -0.4 is 0 Å². The van der Waals surface area contributed by atoms with Crippen LogP contribution in [0.1, 0.15) is 6.42 Å². The summed E-state index contributed by atoms with van der Waals surface area (Å²) in [6, 6.07) is 7.02. The molecule has 0 saturated carbocycles. The molecule has 14 heavy (non-hydrogen) atoms. The van der Waals surface area contributed by atoms with Crippen molar-refractivity contribution >= 4 is 32.7 Å². The number of aliphatic carboxylic acids is 1. The van der Waals surface area contributed by atoms with Crippen molar-refractivity contribution in [2.24, 2.45) is 0 Å². The molecule has 0 heterocycles. The summed E-state index contributed by atoms with van der Waals surface area (Å²) in [5.41, 5.74) is 0. The van der Waals surface area contributed by atoms with E-state index in [-0.39, 0.29) is 12.2 Å². The van der Waals surface area contributed by atoms with Gasteiger partial charge in [-0.3, -0.25) is 9.00 Å². The molecule has 0 aliphatic heterocycles. The van der Waals surface area contributed by atoms with E-state index in [1.807, 2.05) is 0 Å². The van der Waals surface area contributed by atoms with Crippen LogP contribution in [0.5, 0.6) is 0 Å². The largest absolute Gasteiger partial charge is 0.481 e. The van der Waals surface area contributed by atoms with Crippen LogP contribution >= 0.6 is 15.9 Å². The molecule has 0 amide bonds. The zero-order chi connectivity index (χ0) is 10.6. The average molecular weight is 277 g/mol. The minimum Gasteiger partial charge on any atom is -0.481 e. The molecule has 5 heteroatoms. The molecule has 1 atom stereocenters. The monoisotopic (exact) mass is 276 g/mol. The Bertz CT molecular complexity index is 348. The van der Waals surface area contributed by atoms with Gasteiger partial charge in [0.2, 0.25) is 0 Å². The van der Waals surface area contributed by atoms with Crippen molar-refractivity contribution in [2.45, 2.75) is 11.3 Å². The minimum absolute atomic E-state index is 0.0668. The molecule has 76 valence electrons. The predicted octanol–water partition coefficient (Wildman–Crippen LogP) is 2.03. The van der Waals surface area contributed by atoms with Crippen LogP contribution in [0.3, 0.4) is 0 Å². The second-order valence-electron chi connectivity index (χ2n) is 2.65. The number of benzene rings is 1. The van der Waals surface area contributed by atoms with Gasteiger partial charge in [0.15, 0.2) is 0 Å². The topological polar surface area (TPSA) is 54.4 Å². The third-order valence-electron chi connectivity index (χ3n) is 1.58. The molecule has 0 aromatic heterocycles. The van der Waals surface area contributed by atoms with Gasteiger partial charge in [-0.2, -0.15) is 0 Å². The molecule has 0 bridgehead atoms. The zero-order valence-corrected chi connectivity index (χ0v) is 9.68. The van der Waals surface area contributed by atoms with E-state index in [1.54, 1.807) is 24.3 Å². The highest BCUT2D eigenvalue weighted by molar-refractivity contribution is 9.10. The maximum Gasteiger partial charge on any atom is 0.304 e. The molecular formula is C9H9BrO3S. The summed E-state index contributed by atoms with van der Waals surface area (Å²) >= 11 is 3.26. The van der Waals surface area contributed by atoms with Gasteiger partial charge in [0.05, 0.1) is 17.2 Å². The normalized spacial score (nSPS) is 12.4. The molecule has 3 nitrogen and oxygen atoms in total. The third-order valence-corrected chi connectivity index (χ3v) is 3.48. The number of carboxylic acids is 1. The lowest BCUT2D eigenvalue weighted by Crippen LogP contribution is -2.04. The molecule has 0 aliphatic rings. The van der Waals surface area contributed by atoms with Crippen molar-refractivity contribution < 1.29 is 14.1 Å². The van der Waals surface area contributed by atoms with Crippen molar-refractivity contribution in [3.8, 4) is 0 Å². The summed E-state index contributed by atoms with van der Waals surface area (Å²) in [4.78, 5) is 10.9. The highest BCUT2D eigenvalue weighted by Crippen LogP contribution is 2.13. The quantitative estimate of drug-likeness (QED) is 0.916. The summed E-state index contributed by atoms with van der Waals surface area (Å²) in [6.45, 7) is 0. The molecule has 1 aromatic rings. The first-order valence-corrected chi connectivity index (χ1v) is 6.06. The van der Waals surface area contributed by atoms with Crippen molar-refractivity contribution in [1.29, 1.82) is 0 Å². The van der Waals surface area contributed by atoms with Crippen molar-refractivity contribution in [3.63, 3.8) is 0 Å². The lowest BCUT2D eigenvalue weighted by Gasteiger charge is -1.99. The number of halogens is 1. The fourth-order valence-electron chi connectivity index (χ4n) is 0.884. The standard InChI is InChI=1S/C9H9BrO3S/c10-7-1-3-8(4-2-7)14(13)6-5-9(11)12/h1-4H,5-6H2,(H,11,12). The molecule has 0 aliphatic carbocycles. The number of carboxylic acid groups (broad SMARTS) is 1. The fourth-order valence-corrected chi connectivity index (χ4v) is 2.18. The van der Waals surface area contributed by atoms with Crippen LogP contribution in [0.4, 0.5) is 0 Å². The lowest BCUT2D eigenvalue weighted by atomic mass is 10.4. The smallest absolute Gasteiger partial charge is 0.304 e. The van der Waals surface area contributed by atoms with Crippen LogP contribution in [0.2, 0.25) is 0 Å². The van der Waals surface area contributed by atoms with Gasteiger partial charge in [-0.15, -0.1) is 0 Å².